The summed E-state index contributed by atoms with van der Waals surface area (Å²) in [6, 6.07) is 10.4. The fourth-order valence-electron chi connectivity index (χ4n) is 3.12. The van der Waals surface area contributed by atoms with Gasteiger partial charge in [0, 0.05) is 18.1 Å². The maximum Gasteiger partial charge on any atom is 0.244 e. The van der Waals surface area contributed by atoms with Gasteiger partial charge in [0.15, 0.2) is 0 Å². The summed E-state index contributed by atoms with van der Waals surface area (Å²) in [5.74, 6) is -0.534. The highest BCUT2D eigenvalue weighted by molar-refractivity contribution is 7.92. The number of carbonyl (C=O) groups is 2. The van der Waals surface area contributed by atoms with Crippen molar-refractivity contribution in [2.75, 3.05) is 30.8 Å². The number of amides is 2. The van der Waals surface area contributed by atoms with Gasteiger partial charge in [-0.05, 0) is 49.7 Å². The molecule has 180 valence electrons. The lowest BCUT2D eigenvalue weighted by atomic mass is 10.1. The predicted octanol–water partition coefficient (Wildman–Crippen LogP) is 3.32. The molecule has 0 saturated heterocycles. The second kappa shape index (κ2) is 11.6. The third-order valence-corrected chi connectivity index (χ3v) is 6.57. The van der Waals surface area contributed by atoms with Crippen LogP contribution in [0.2, 0.25) is 10.0 Å². The molecular weight excluding hydrogens is 489 g/mol. The molecule has 33 heavy (non-hydrogen) atoms. The summed E-state index contributed by atoms with van der Waals surface area (Å²) in [5.41, 5.74) is 0.941. The van der Waals surface area contributed by atoms with Crippen LogP contribution in [0.15, 0.2) is 42.5 Å². The molecule has 0 heterocycles. The molecule has 0 aliphatic heterocycles. The molecule has 1 atom stereocenters. The number of nitrogens with zero attached hydrogens (tertiary/aromatic N) is 2. The van der Waals surface area contributed by atoms with Gasteiger partial charge in [-0.2, -0.15) is 0 Å². The topological polar surface area (TPSA) is 96.0 Å². The molecule has 0 radical (unpaired) electrons. The highest BCUT2D eigenvalue weighted by atomic mass is 35.5. The van der Waals surface area contributed by atoms with Gasteiger partial charge in [-0.3, -0.25) is 13.9 Å². The fraction of sp³-hybridized carbons (Fsp3) is 0.364. The van der Waals surface area contributed by atoms with E-state index < -0.39 is 28.5 Å². The van der Waals surface area contributed by atoms with Crippen molar-refractivity contribution in [2.45, 2.75) is 26.4 Å². The van der Waals surface area contributed by atoms with Crippen LogP contribution in [-0.2, 0) is 26.2 Å². The summed E-state index contributed by atoms with van der Waals surface area (Å²) in [6.45, 7) is 3.34. The van der Waals surface area contributed by atoms with Crippen LogP contribution in [0, 0.1) is 0 Å². The minimum atomic E-state index is -3.85. The number of sulfonamides is 1. The number of halogens is 2. The maximum atomic E-state index is 13.4. The van der Waals surface area contributed by atoms with Crippen molar-refractivity contribution < 1.29 is 22.7 Å². The molecule has 0 fully saturated rings. The summed E-state index contributed by atoms with van der Waals surface area (Å²) < 4.78 is 31.1. The molecule has 8 nitrogen and oxygen atoms in total. The van der Waals surface area contributed by atoms with Crippen molar-refractivity contribution in [1.82, 2.24) is 10.2 Å². The largest absolute Gasteiger partial charge is 0.495 e. The van der Waals surface area contributed by atoms with Crippen LogP contribution in [0.4, 0.5) is 5.69 Å². The van der Waals surface area contributed by atoms with Gasteiger partial charge >= 0.3 is 0 Å². The number of rotatable bonds is 10. The zero-order valence-corrected chi connectivity index (χ0v) is 21.2. The van der Waals surface area contributed by atoms with Crippen LogP contribution >= 0.6 is 23.2 Å². The Bertz CT molecular complexity index is 1090. The molecule has 2 aromatic rings. The van der Waals surface area contributed by atoms with Gasteiger partial charge in [0.05, 0.1) is 24.1 Å². The Morgan fingerprint density at radius 3 is 2.27 bits per heavy atom. The monoisotopic (exact) mass is 515 g/mol. The van der Waals surface area contributed by atoms with E-state index in [2.05, 4.69) is 5.32 Å². The van der Waals surface area contributed by atoms with Crippen molar-refractivity contribution in [3.05, 3.63) is 58.1 Å². The molecule has 11 heteroatoms. The number of carbonyl (C=O) groups excluding carboxylic acids is 2. The van der Waals surface area contributed by atoms with Gasteiger partial charge in [0.2, 0.25) is 21.8 Å². The number of anilines is 1. The fourth-order valence-corrected chi connectivity index (χ4v) is 4.33. The van der Waals surface area contributed by atoms with Crippen molar-refractivity contribution in [1.29, 1.82) is 0 Å². The second-order valence-corrected chi connectivity index (χ2v) is 10.1. The van der Waals surface area contributed by atoms with Crippen LogP contribution in [0.5, 0.6) is 5.75 Å². The Balaban J connectivity index is 2.39. The number of likely N-dealkylation sites (N-methyl/N-ethyl adjacent to an activating group) is 1. The molecule has 0 aromatic heterocycles. The molecule has 0 saturated carbocycles. The van der Waals surface area contributed by atoms with Crippen LogP contribution in [0.25, 0.3) is 0 Å². The lowest BCUT2D eigenvalue weighted by molar-refractivity contribution is -0.139. The van der Waals surface area contributed by atoms with Crippen molar-refractivity contribution in [3.8, 4) is 5.75 Å². The lowest BCUT2D eigenvalue weighted by Gasteiger charge is -2.31. The second-order valence-electron chi connectivity index (χ2n) is 7.31. The summed E-state index contributed by atoms with van der Waals surface area (Å²) in [5, 5.41) is 3.43. The minimum absolute atomic E-state index is 0.0925. The smallest absolute Gasteiger partial charge is 0.244 e. The Morgan fingerprint density at radius 1 is 1.12 bits per heavy atom. The van der Waals surface area contributed by atoms with Crippen LogP contribution in [0.3, 0.4) is 0 Å². The minimum Gasteiger partial charge on any atom is -0.495 e. The molecule has 0 aliphatic rings. The van der Waals surface area contributed by atoms with Crippen molar-refractivity contribution in [2.24, 2.45) is 0 Å². The molecule has 0 spiro atoms. The van der Waals surface area contributed by atoms with Crippen LogP contribution in [-0.4, -0.2) is 57.6 Å². The van der Waals surface area contributed by atoms with E-state index in [4.69, 9.17) is 27.9 Å². The Kier molecular flexibility index (Phi) is 9.39. The van der Waals surface area contributed by atoms with E-state index in [1.165, 1.54) is 30.2 Å². The van der Waals surface area contributed by atoms with Gasteiger partial charge in [-0.15, -0.1) is 0 Å². The van der Waals surface area contributed by atoms with E-state index in [-0.39, 0.29) is 23.2 Å². The third kappa shape index (κ3) is 7.25. The first kappa shape index (κ1) is 26.8. The van der Waals surface area contributed by atoms with Gasteiger partial charge in [0.1, 0.15) is 18.3 Å². The van der Waals surface area contributed by atoms with Gasteiger partial charge in [0.25, 0.3) is 0 Å². The standard InChI is InChI=1S/C22H27Cl2N3O5S/c1-5-25-22(29)15(2)26(13-16-6-8-17(23)9-7-16)21(28)14-27(33(4,30)31)18-10-11-20(32-3)19(24)12-18/h6-12,15H,5,13-14H2,1-4H3,(H,25,29). The summed E-state index contributed by atoms with van der Waals surface area (Å²) in [7, 11) is -2.41. The Morgan fingerprint density at radius 2 is 1.76 bits per heavy atom. The maximum absolute atomic E-state index is 13.4. The number of ether oxygens (including phenoxy) is 1. The molecule has 1 unspecified atom stereocenters. The van der Waals surface area contributed by atoms with Crippen molar-refractivity contribution >= 4 is 50.7 Å². The lowest BCUT2D eigenvalue weighted by Crippen LogP contribution is -2.51. The van der Waals surface area contributed by atoms with E-state index >= 15 is 0 Å². The summed E-state index contributed by atoms with van der Waals surface area (Å²) in [6.07, 6.45) is 0.995. The molecular formula is C22H27Cl2N3O5S. The van der Waals surface area contributed by atoms with E-state index in [0.717, 1.165) is 16.1 Å². The van der Waals surface area contributed by atoms with E-state index in [9.17, 15) is 18.0 Å². The normalized spacial score (nSPS) is 12.1. The first-order valence-electron chi connectivity index (χ1n) is 10.1. The SMILES string of the molecule is CCNC(=O)C(C)N(Cc1ccc(Cl)cc1)C(=O)CN(c1ccc(OC)c(Cl)c1)S(C)(=O)=O. The van der Waals surface area contributed by atoms with E-state index in [1.54, 1.807) is 38.1 Å². The quantitative estimate of drug-likeness (QED) is 0.523. The molecule has 0 bridgehead atoms. The zero-order valence-electron chi connectivity index (χ0n) is 18.8. The molecule has 2 amide bonds. The number of benzene rings is 2. The first-order chi connectivity index (χ1) is 15.5. The highest BCUT2D eigenvalue weighted by Gasteiger charge is 2.30. The summed E-state index contributed by atoms with van der Waals surface area (Å²) in [4.78, 5) is 27.2. The Hall–Kier alpha value is -2.49. The number of nitrogens with one attached hydrogen (secondary N) is 1. The first-order valence-corrected chi connectivity index (χ1v) is 12.7. The average molecular weight is 516 g/mol. The zero-order chi connectivity index (χ0) is 24.8. The van der Waals surface area contributed by atoms with Gasteiger partial charge in [-0.1, -0.05) is 35.3 Å². The summed E-state index contributed by atoms with van der Waals surface area (Å²) >= 11 is 12.1. The van der Waals surface area contributed by atoms with Crippen LogP contribution in [0.1, 0.15) is 19.4 Å². The highest BCUT2D eigenvalue weighted by Crippen LogP contribution is 2.30. The third-order valence-electron chi connectivity index (χ3n) is 4.89. The van der Waals surface area contributed by atoms with Crippen LogP contribution < -0.4 is 14.4 Å². The van der Waals surface area contributed by atoms with E-state index in [0.29, 0.717) is 17.3 Å². The average Bonchev–Trinajstić information content (AvgIpc) is 2.75. The molecule has 2 aromatic carbocycles. The van der Waals surface area contributed by atoms with Crippen molar-refractivity contribution in [3.63, 3.8) is 0 Å². The number of hydrogen-bond donors (Lipinski definition) is 1. The van der Waals surface area contributed by atoms with E-state index in [1.807, 2.05) is 0 Å². The molecule has 2 rings (SSSR count). The molecule has 1 N–H and O–H groups in total. The number of methoxy groups -OCH3 is 1. The Labute approximate surface area is 204 Å². The molecule has 0 aliphatic carbocycles. The number of hydrogen-bond acceptors (Lipinski definition) is 5. The predicted molar refractivity (Wildman–Crippen MR) is 130 cm³/mol. The van der Waals surface area contributed by atoms with Gasteiger partial charge in [-0.25, -0.2) is 8.42 Å². The van der Waals surface area contributed by atoms with Gasteiger partial charge < -0.3 is 15.0 Å².